The maximum Gasteiger partial charge on any atom is 0.203 e. The van der Waals surface area contributed by atoms with Crippen LogP contribution >= 0.6 is 22.9 Å². The van der Waals surface area contributed by atoms with Gasteiger partial charge in [-0.1, -0.05) is 54.1 Å². The lowest BCUT2D eigenvalue weighted by Gasteiger charge is -2.07. The van der Waals surface area contributed by atoms with E-state index >= 15 is 0 Å². The third-order valence-electron chi connectivity index (χ3n) is 3.82. The molecule has 8 heteroatoms. The fraction of sp³-hybridized carbons (Fsp3) is 0.0526. The molecule has 0 radical (unpaired) electrons. The molecule has 0 fully saturated rings. The SMILES string of the molecule is Clc1ccc(-c2csc(N/N=C(/Cn3cncn3)c3ccccc3)n2)cc1. The summed E-state index contributed by atoms with van der Waals surface area (Å²) in [6.45, 7) is 0.506. The van der Waals surface area contributed by atoms with Gasteiger partial charge in [0, 0.05) is 16.0 Å². The number of aromatic nitrogens is 4. The topological polar surface area (TPSA) is 68.0 Å². The van der Waals surface area contributed by atoms with Gasteiger partial charge in [0.2, 0.25) is 5.13 Å². The number of thiazole rings is 1. The number of benzene rings is 2. The van der Waals surface area contributed by atoms with Crippen LogP contribution in [-0.2, 0) is 6.54 Å². The normalized spacial score (nSPS) is 11.5. The molecule has 0 saturated carbocycles. The highest BCUT2D eigenvalue weighted by Crippen LogP contribution is 2.26. The van der Waals surface area contributed by atoms with Crippen LogP contribution in [0.2, 0.25) is 5.02 Å². The quantitative estimate of drug-likeness (QED) is 0.384. The van der Waals surface area contributed by atoms with Crippen molar-refractivity contribution in [3.05, 3.63) is 83.2 Å². The molecule has 2 aromatic heterocycles. The minimum Gasteiger partial charge on any atom is -0.252 e. The van der Waals surface area contributed by atoms with Gasteiger partial charge in [0.25, 0.3) is 0 Å². The van der Waals surface area contributed by atoms with E-state index in [0.717, 1.165) is 22.5 Å². The summed E-state index contributed by atoms with van der Waals surface area (Å²) in [4.78, 5) is 8.58. The molecule has 0 unspecified atom stereocenters. The van der Waals surface area contributed by atoms with Crippen molar-refractivity contribution in [2.24, 2.45) is 5.10 Å². The lowest BCUT2D eigenvalue weighted by molar-refractivity contribution is 0.721. The second-order valence-electron chi connectivity index (χ2n) is 5.67. The molecular weight excluding hydrogens is 380 g/mol. The first kappa shape index (κ1) is 17.4. The Morgan fingerprint density at radius 2 is 1.93 bits per heavy atom. The molecule has 6 nitrogen and oxygen atoms in total. The summed E-state index contributed by atoms with van der Waals surface area (Å²) in [7, 11) is 0. The zero-order valence-corrected chi connectivity index (χ0v) is 15.7. The van der Waals surface area contributed by atoms with Gasteiger partial charge in [-0.05, 0) is 17.7 Å². The van der Waals surface area contributed by atoms with Gasteiger partial charge < -0.3 is 0 Å². The van der Waals surface area contributed by atoms with E-state index < -0.39 is 0 Å². The number of anilines is 1. The average Bonchev–Trinajstić information content (AvgIpc) is 3.38. The average molecular weight is 395 g/mol. The first-order valence-corrected chi connectivity index (χ1v) is 9.45. The molecule has 134 valence electrons. The number of hydrogen-bond acceptors (Lipinski definition) is 6. The van der Waals surface area contributed by atoms with Gasteiger partial charge in [-0.2, -0.15) is 10.2 Å². The Kier molecular flexibility index (Phi) is 5.22. The molecule has 1 N–H and O–H groups in total. The minimum absolute atomic E-state index is 0.506. The van der Waals surface area contributed by atoms with Crippen molar-refractivity contribution in [2.45, 2.75) is 6.54 Å². The van der Waals surface area contributed by atoms with Crippen LogP contribution in [0.1, 0.15) is 5.56 Å². The van der Waals surface area contributed by atoms with E-state index in [1.165, 1.54) is 17.7 Å². The summed E-state index contributed by atoms with van der Waals surface area (Å²) in [5.74, 6) is 0. The van der Waals surface area contributed by atoms with Crippen molar-refractivity contribution in [3.63, 3.8) is 0 Å². The molecular formula is C19H15ClN6S. The lowest BCUT2D eigenvalue weighted by atomic mass is 10.1. The Labute approximate surface area is 165 Å². The summed E-state index contributed by atoms with van der Waals surface area (Å²) >= 11 is 7.44. The van der Waals surface area contributed by atoms with E-state index in [-0.39, 0.29) is 0 Å². The van der Waals surface area contributed by atoms with Gasteiger partial charge in [0.15, 0.2) is 0 Å². The Morgan fingerprint density at radius 1 is 1.11 bits per heavy atom. The van der Waals surface area contributed by atoms with E-state index in [4.69, 9.17) is 11.6 Å². The van der Waals surface area contributed by atoms with Gasteiger partial charge in [0.1, 0.15) is 12.7 Å². The summed E-state index contributed by atoms with van der Waals surface area (Å²) in [6.07, 6.45) is 3.18. The Morgan fingerprint density at radius 3 is 2.67 bits per heavy atom. The summed E-state index contributed by atoms with van der Waals surface area (Å²) < 4.78 is 1.73. The zero-order valence-electron chi connectivity index (χ0n) is 14.2. The molecule has 0 aliphatic heterocycles. The molecule has 4 aromatic rings. The molecule has 0 aliphatic rings. The number of halogens is 1. The van der Waals surface area contributed by atoms with E-state index in [9.17, 15) is 0 Å². The molecule has 2 aromatic carbocycles. The first-order chi connectivity index (χ1) is 13.3. The van der Waals surface area contributed by atoms with Crippen molar-refractivity contribution in [1.29, 1.82) is 0 Å². The fourth-order valence-corrected chi connectivity index (χ4v) is 3.27. The molecule has 0 amide bonds. The lowest BCUT2D eigenvalue weighted by Crippen LogP contribution is -2.14. The van der Waals surface area contributed by atoms with Crippen molar-refractivity contribution >= 4 is 33.8 Å². The van der Waals surface area contributed by atoms with Crippen LogP contribution in [-0.4, -0.2) is 25.5 Å². The van der Waals surface area contributed by atoms with Gasteiger partial charge in [-0.25, -0.2) is 14.6 Å². The van der Waals surface area contributed by atoms with E-state index in [0.29, 0.717) is 16.7 Å². The van der Waals surface area contributed by atoms with E-state index in [1.54, 1.807) is 11.0 Å². The molecule has 4 rings (SSSR count). The van der Waals surface area contributed by atoms with Crippen LogP contribution in [0.15, 0.2) is 77.7 Å². The third-order valence-corrected chi connectivity index (χ3v) is 4.81. The summed E-state index contributed by atoms with van der Waals surface area (Å²) in [6, 6.07) is 17.6. The smallest absolute Gasteiger partial charge is 0.203 e. The molecule has 0 saturated heterocycles. The third kappa shape index (κ3) is 4.39. The Bertz CT molecular complexity index is 1030. The highest BCUT2D eigenvalue weighted by Gasteiger charge is 2.08. The van der Waals surface area contributed by atoms with Crippen LogP contribution in [0.4, 0.5) is 5.13 Å². The van der Waals surface area contributed by atoms with Gasteiger partial charge in [0.05, 0.1) is 18.0 Å². The van der Waals surface area contributed by atoms with Gasteiger partial charge >= 0.3 is 0 Å². The summed E-state index contributed by atoms with van der Waals surface area (Å²) in [5.41, 5.74) is 6.81. The number of nitrogens with zero attached hydrogens (tertiary/aromatic N) is 5. The van der Waals surface area contributed by atoms with Gasteiger partial charge in [-0.15, -0.1) is 11.3 Å². The maximum absolute atomic E-state index is 5.95. The second-order valence-corrected chi connectivity index (χ2v) is 6.97. The zero-order chi connectivity index (χ0) is 18.5. The summed E-state index contributed by atoms with van der Waals surface area (Å²) in [5, 5.41) is 12.1. The van der Waals surface area contributed by atoms with Gasteiger partial charge in [-0.3, -0.25) is 5.43 Å². The second kappa shape index (κ2) is 8.11. The fourth-order valence-electron chi connectivity index (χ4n) is 2.48. The number of hydrogen-bond donors (Lipinski definition) is 1. The van der Waals surface area contributed by atoms with E-state index in [2.05, 4.69) is 25.6 Å². The largest absolute Gasteiger partial charge is 0.252 e. The molecule has 0 atom stereocenters. The molecule has 0 aliphatic carbocycles. The molecule has 0 bridgehead atoms. The van der Waals surface area contributed by atoms with Crippen molar-refractivity contribution in [3.8, 4) is 11.3 Å². The van der Waals surface area contributed by atoms with Crippen LogP contribution in [0.5, 0.6) is 0 Å². The standard InChI is InChI=1S/C19H15ClN6S/c20-16-8-6-15(7-9-16)18-11-27-19(23-18)25-24-17(10-26-13-21-12-22-26)14-4-2-1-3-5-14/h1-9,11-13H,10H2,(H,23,25)/b24-17-. The monoisotopic (exact) mass is 394 g/mol. The van der Waals surface area contributed by atoms with Crippen LogP contribution in [0.25, 0.3) is 11.3 Å². The van der Waals surface area contributed by atoms with Crippen LogP contribution < -0.4 is 5.43 Å². The molecule has 2 heterocycles. The maximum atomic E-state index is 5.95. The van der Waals surface area contributed by atoms with E-state index in [1.807, 2.05) is 60.0 Å². The minimum atomic E-state index is 0.506. The molecule has 0 spiro atoms. The van der Waals surface area contributed by atoms with Crippen LogP contribution in [0, 0.1) is 0 Å². The predicted molar refractivity (Wildman–Crippen MR) is 109 cm³/mol. The Balaban J connectivity index is 1.55. The molecule has 27 heavy (non-hydrogen) atoms. The predicted octanol–water partition coefficient (Wildman–Crippen LogP) is 4.57. The number of nitrogens with one attached hydrogen (secondary N) is 1. The van der Waals surface area contributed by atoms with Crippen molar-refractivity contribution < 1.29 is 0 Å². The highest BCUT2D eigenvalue weighted by atomic mass is 35.5. The number of rotatable bonds is 6. The highest BCUT2D eigenvalue weighted by molar-refractivity contribution is 7.14. The Hall–Kier alpha value is -3.03. The van der Waals surface area contributed by atoms with Crippen molar-refractivity contribution in [1.82, 2.24) is 19.7 Å². The first-order valence-electron chi connectivity index (χ1n) is 8.20. The van der Waals surface area contributed by atoms with Crippen LogP contribution in [0.3, 0.4) is 0 Å². The van der Waals surface area contributed by atoms with Crippen molar-refractivity contribution in [2.75, 3.05) is 5.43 Å². The number of hydrazone groups is 1.